The van der Waals surface area contributed by atoms with E-state index < -0.39 is 5.97 Å². The molecule has 0 bridgehead atoms. The normalized spacial score (nSPS) is 10.2. The number of anilines is 1. The summed E-state index contributed by atoms with van der Waals surface area (Å²) >= 11 is 3.42. The number of carbonyl (C=O) groups is 2. The minimum Gasteiger partial charge on any atom is -0.483 e. The molecule has 5 nitrogen and oxygen atoms in total. The molecule has 0 atom stereocenters. The Labute approximate surface area is 149 Å². The minimum absolute atomic E-state index is 0.0952. The van der Waals surface area contributed by atoms with Gasteiger partial charge in [-0.2, -0.15) is 0 Å². The number of benzene rings is 2. The van der Waals surface area contributed by atoms with Gasteiger partial charge in [-0.1, -0.05) is 15.9 Å². The van der Waals surface area contributed by atoms with Gasteiger partial charge in [0.15, 0.2) is 6.61 Å². The highest BCUT2D eigenvalue weighted by Gasteiger charge is 2.10. The number of ether oxygens (including phenoxy) is 2. The molecule has 0 unspecified atom stereocenters. The van der Waals surface area contributed by atoms with Crippen LogP contribution in [0.15, 0.2) is 40.9 Å². The number of methoxy groups -OCH3 is 1. The van der Waals surface area contributed by atoms with Gasteiger partial charge in [0.2, 0.25) is 0 Å². The topological polar surface area (TPSA) is 64.6 Å². The standard InChI is InChI=1S/C18H18BrNO4/c1-11-8-14(19)9-12(2)17(11)24-10-16(21)20-15-6-4-13(5-7-15)18(22)23-3/h4-9H,10H2,1-3H3,(H,20,21). The Balaban J connectivity index is 1.95. The predicted octanol–water partition coefficient (Wildman–Crippen LogP) is 3.87. The highest BCUT2D eigenvalue weighted by Crippen LogP contribution is 2.27. The molecule has 1 N–H and O–H groups in total. The molecule has 0 aromatic heterocycles. The molecule has 0 spiro atoms. The zero-order valence-electron chi connectivity index (χ0n) is 13.7. The number of amides is 1. The third-order valence-corrected chi connectivity index (χ3v) is 3.82. The average molecular weight is 392 g/mol. The fourth-order valence-electron chi connectivity index (χ4n) is 2.27. The Hall–Kier alpha value is -2.34. The first kappa shape index (κ1) is 18.0. The van der Waals surface area contributed by atoms with E-state index in [1.165, 1.54) is 7.11 Å². The molecule has 2 rings (SSSR count). The molecule has 0 radical (unpaired) electrons. The highest BCUT2D eigenvalue weighted by atomic mass is 79.9. The van der Waals surface area contributed by atoms with Gasteiger partial charge < -0.3 is 14.8 Å². The van der Waals surface area contributed by atoms with E-state index in [4.69, 9.17) is 4.74 Å². The first-order valence-electron chi connectivity index (χ1n) is 7.28. The van der Waals surface area contributed by atoms with E-state index in [-0.39, 0.29) is 12.5 Å². The van der Waals surface area contributed by atoms with Crippen molar-refractivity contribution in [3.05, 3.63) is 57.6 Å². The lowest BCUT2D eigenvalue weighted by molar-refractivity contribution is -0.118. The van der Waals surface area contributed by atoms with Gasteiger partial charge in [-0.15, -0.1) is 0 Å². The number of hydrogen-bond acceptors (Lipinski definition) is 4. The summed E-state index contributed by atoms with van der Waals surface area (Å²) in [5.41, 5.74) is 2.92. The third-order valence-electron chi connectivity index (χ3n) is 3.36. The number of esters is 1. The minimum atomic E-state index is -0.419. The van der Waals surface area contributed by atoms with Crippen molar-refractivity contribution in [2.45, 2.75) is 13.8 Å². The second-order valence-corrected chi connectivity index (χ2v) is 6.19. The Morgan fingerprint density at radius 2 is 1.67 bits per heavy atom. The Morgan fingerprint density at radius 1 is 1.08 bits per heavy atom. The first-order valence-corrected chi connectivity index (χ1v) is 8.08. The van der Waals surface area contributed by atoms with Gasteiger partial charge >= 0.3 is 5.97 Å². The van der Waals surface area contributed by atoms with Crippen molar-refractivity contribution in [3.8, 4) is 5.75 Å². The maximum atomic E-state index is 12.0. The summed E-state index contributed by atoms with van der Waals surface area (Å²) in [6.07, 6.45) is 0. The summed E-state index contributed by atoms with van der Waals surface area (Å²) in [6, 6.07) is 10.3. The molecular formula is C18H18BrNO4. The van der Waals surface area contributed by atoms with Crippen LogP contribution in [-0.4, -0.2) is 25.6 Å². The predicted molar refractivity (Wildman–Crippen MR) is 95.5 cm³/mol. The molecule has 6 heteroatoms. The molecule has 0 heterocycles. The van der Waals surface area contributed by atoms with E-state index in [1.54, 1.807) is 24.3 Å². The van der Waals surface area contributed by atoms with Crippen LogP contribution in [0.2, 0.25) is 0 Å². The second-order valence-electron chi connectivity index (χ2n) is 5.27. The maximum absolute atomic E-state index is 12.0. The molecule has 0 saturated carbocycles. The number of rotatable bonds is 5. The summed E-state index contributed by atoms with van der Waals surface area (Å²) in [5.74, 6) is 0.00863. The summed E-state index contributed by atoms with van der Waals surface area (Å²) in [6.45, 7) is 3.76. The first-order chi connectivity index (χ1) is 11.4. The number of nitrogens with one attached hydrogen (secondary N) is 1. The summed E-state index contributed by atoms with van der Waals surface area (Å²) in [4.78, 5) is 23.4. The molecule has 1 amide bonds. The molecular weight excluding hydrogens is 374 g/mol. The summed E-state index contributed by atoms with van der Waals surface area (Å²) in [5, 5.41) is 2.72. The van der Waals surface area contributed by atoms with Crippen LogP contribution in [0.25, 0.3) is 0 Å². The highest BCUT2D eigenvalue weighted by molar-refractivity contribution is 9.10. The van der Waals surface area contributed by atoms with Crippen molar-refractivity contribution in [2.75, 3.05) is 19.0 Å². The monoisotopic (exact) mass is 391 g/mol. The van der Waals surface area contributed by atoms with E-state index in [2.05, 4.69) is 26.0 Å². The lowest BCUT2D eigenvalue weighted by atomic mass is 10.1. The molecule has 0 saturated heterocycles. The van der Waals surface area contributed by atoms with Crippen LogP contribution < -0.4 is 10.1 Å². The van der Waals surface area contributed by atoms with Crippen molar-refractivity contribution >= 4 is 33.5 Å². The SMILES string of the molecule is COC(=O)c1ccc(NC(=O)COc2c(C)cc(Br)cc2C)cc1. The number of aryl methyl sites for hydroxylation is 2. The summed E-state index contributed by atoms with van der Waals surface area (Å²) in [7, 11) is 1.32. The quantitative estimate of drug-likeness (QED) is 0.785. The van der Waals surface area contributed by atoms with Gasteiger partial charge in [-0.05, 0) is 61.4 Å². The Morgan fingerprint density at radius 3 is 2.21 bits per heavy atom. The van der Waals surface area contributed by atoms with Crippen LogP contribution in [0.3, 0.4) is 0 Å². The molecule has 126 valence electrons. The molecule has 0 aliphatic heterocycles. The molecule has 2 aromatic rings. The van der Waals surface area contributed by atoms with E-state index in [9.17, 15) is 9.59 Å². The van der Waals surface area contributed by atoms with Crippen LogP contribution in [0.4, 0.5) is 5.69 Å². The third kappa shape index (κ3) is 4.58. The molecule has 0 aliphatic rings. The Bertz CT molecular complexity index is 733. The van der Waals surface area contributed by atoms with Crippen molar-refractivity contribution in [1.29, 1.82) is 0 Å². The summed E-state index contributed by atoms with van der Waals surface area (Å²) < 4.78 is 11.2. The van der Waals surface area contributed by atoms with E-state index >= 15 is 0 Å². The maximum Gasteiger partial charge on any atom is 0.337 e. The number of carbonyl (C=O) groups excluding carboxylic acids is 2. The van der Waals surface area contributed by atoms with Crippen molar-refractivity contribution in [3.63, 3.8) is 0 Å². The molecule has 0 aliphatic carbocycles. The lowest BCUT2D eigenvalue weighted by Crippen LogP contribution is -2.20. The van der Waals surface area contributed by atoms with Gasteiger partial charge in [-0.3, -0.25) is 4.79 Å². The smallest absolute Gasteiger partial charge is 0.337 e. The fraction of sp³-hybridized carbons (Fsp3) is 0.222. The van der Waals surface area contributed by atoms with Gasteiger partial charge in [-0.25, -0.2) is 4.79 Å². The fourth-order valence-corrected chi connectivity index (χ4v) is 2.95. The van der Waals surface area contributed by atoms with Gasteiger partial charge in [0.25, 0.3) is 5.91 Å². The van der Waals surface area contributed by atoms with Crippen LogP contribution in [0.1, 0.15) is 21.5 Å². The van der Waals surface area contributed by atoms with Gasteiger partial charge in [0.05, 0.1) is 12.7 Å². The lowest BCUT2D eigenvalue weighted by Gasteiger charge is -2.13. The van der Waals surface area contributed by atoms with E-state index in [0.717, 1.165) is 15.6 Å². The van der Waals surface area contributed by atoms with Crippen LogP contribution >= 0.6 is 15.9 Å². The van der Waals surface area contributed by atoms with Crippen LogP contribution in [-0.2, 0) is 9.53 Å². The zero-order chi connectivity index (χ0) is 17.7. The van der Waals surface area contributed by atoms with Gasteiger partial charge in [0, 0.05) is 10.2 Å². The Kier molecular flexibility index (Phi) is 5.98. The zero-order valence-corrected chi connectivity index (χ0v) is 15.3. The van der Waals surface area contributed by atoms with Gasteiger partial charge in [0.1, 0.15) is 5.75 Å². The number of hydrogen-bond donors (Lipinski definition) is 1. The van der Waals surface area contributed by atoms with Crippen molar-refractivity contribution in [2.24, 2.45) is 0 Å². The largest absolute Gasteiger partial charge is 0.483 e. The van der Waals surface area contributed by atoms with E-state index in [0.29, 0.717) is 17.0 Å². The van der Waals surface area contributed by atoms with Crippen molar-refractivity contribution < 1.29 is 19.1 Å². The molecule has 0 fully saturated rings. The van der Waals surface area contributed by atoms with Crippen molar-refractivity contribution in [1.82, 2.24) is 0 Å². The average Bonchev–Trinajstić information content (AvgIpc) is 2.53. The molecule has 2 aromatic carbocycles. The second kappa shape index (κ2) is 7.97. The number of halogens is 1. The van der Waals surface area contributed by atoms with Crippen LogP contribution in [0, 0.1) is 13.8 Å². The van der Waals surface area contributed by atoms with E-state index in [1.807, 2.05) is 26.0 Å². The molecule has 24 heavy (non-hydrogen) atoms. The van der Waals surface area contributed by atoms with Crippen LogP contribution in [0.5, 0.6) is 5.75 Å².